The Morgan fingerprint density at radius 3 is 3.00 bits per heavy atom. The number of hydrogen-bond acceptors (Lipinski definition) is 6. The molecular formula is C13H17N5O2S2. The molecule has 0 aliphatic heterocycles. The Kier molecular flexibility index (Phi) is 5.09. The zero-order valence-corrected chi connectivity index (χ0v) is 14.1. The molecule has 0 spiro atoms. The van der Waals surface area contributed by atoms with Crippen molar-refractivity contribution in [2.24, 2.45) is 0 Å². The van der Waals surface area contributed by atoms with Gasteiger partial charge in [0.2, 0.25) is 0 Å². The second-order valence-electron chi connectivity index (χ2n) is 5.43. The van der Waals surface area contributed by atoms with Crippen molar-refractivity contribution >= 4 is 46.1 Å². The molecule has 2 N–H and O–H groups in total. The van der Waals surface area contributed by atoms with Crippen LogP contribution in [-0.2, 0) is 11.3 Å². The first-order chi connectivity index (χ1) is 10.4. The molecule has 1 amide bonds. The third kappa shape index (κ3) is 5.08. The average Bonchev–Trinajstić information content (AvgIpc) is 2.98. The van der Waals surface area contributed by atoms with Crippen molar-refractivity contribution in [3.8, 4) is 0 Å². The maximum Gasteiger partial charge on any atom is 0.413 e. The van der Waals surface area contributed by atoms with E-state index in [0.29, 0.717) is 17.5 Å². The van der Waals surface area contributed by atoms with E-state index in [1.807, 2.05) is 38.4 Å². The van der Waals surface area contributed by atoms with Crippen molar-refractivity contribution in [1.29, 1.82) is 0 Å². The van der Waals surface area contributed by atoms with Crippen LogP contribution in [0.1, 0.15) is 26.5 Å². The van der Waals surface area contributed by atoms with Crippen LogP contribution >= 0.6 is 23.6 Å². The molecule has 0 bridgehead atoms. The van der Waals surface area contributed by atoms with Crippen LogP contribution in [0.5, 0.6) is 0 Å². The summed E-state index contributed by atoms with van der Waals surface area (Å²) in [6.45, 7) is 5.93. The number of ether oxygens (including phenoxy) is 1. The third-order valence-electron chi connectivity index (χ3n) is 2.33. The topological polar surface area (TPSA) is 81.1 Å². The molecule has 0 aromatic carbocycles. The van der Waals surface area contributed by atoms with Crippen LogP contribution in [0, 0.1) is 0 Å². The molecular weight excluding hydrogens is 322 g/mol. The fourth-order valence-electron chi connectivity index (χ4n) is 1.58. The zero-order valence-electron chi connectivity index (χ0n) is 12.5. The Hall–Kier alpha value is -2.00. The van der Waals surface area contributed by atoms with E-state index in [1.165, 1.54) is 16.8 Å². The van der Waals surface area contributed by atoms with Crippen molar-refractivity contribution in [1.82, 2.24) is 14.8 Å². The van der Waals surface area contributed by atoms with Crippen LogP contribution in [0.3, 0.4) is 0 Å². The predicted molar refractivity (Wildman–Crippen MR) is 90.6 cm³/mol. The lowest BCUT2D eigenvalue weighted by atomic mass is 10.2. The molecule has 0 aliphatic carbocycles. The van der Waals surface area contributed by atoms with Gasteiger partial charge in [0.25, 0.3) is 0 Å². The number of thiocarbonyl (C=S) groups is 1. The SMILES string of the molecule is CC(C)(C)OC(=O)Nc1nc(Cn2ccc(NC=S)n2)cs1. The summed E-state index contributed by atoms with van der Waals surface area (Å²) < 4.78 is 6.91. The molecule has 0 aliphatic rings. The number of hydrogen-bond donors (Lipinski definition) is 2. The number of thiazole rings is 1. The second-order valence-corrected chi connectivity index (χ2v) is 6.53. The van der Waals surface area contributed by atoms with E-state index in [-0.39, 0.29) is 0 Å². The minimum Gasteiger partial charge on any atom is -0.444 e. The normalized spacial score (nSPS) is 11.0. The maximum absolute atomic E-state index is 11.7. The summed E-state index contributed by atoms with van der Waals surface area (Å²) in [4.78, 5) is 16.0. The second kappa shape index (κ2) is 6.84. The first kappa shape index (κ1) is 16.4. The fourth-order valence-corrected chi connectivity index (χ4v) is 2.39. The number of aromatic nitrogens is 3. The highest BCUT2D eigenvalue weighted by Gasteiger charge is 2.17. The van der Waals surface area contributed by atoms with E-state index >= 15 is 0 Å². The van der Waals surface area contributed by atoms with Crippen LogP contribution in [0.15, 0.2) is 17.6 Å². The number of nitrogens with zero attached hydrogens (tertiary/aromatic N) is 3. The summed E-state index contributed by atoms with van der Waals surface area (Å²) in [5, 5.41) is 12.1. The Morgan fingerprint density at radius 1 is 1.55 bits per heavy atom. The molecule has 2 heterocycles. The van der Waals surface area contributed by atoms with Gasteiger partial charge in [-0.15, -0.1) is 11.3 Å². The summed E-state index contributed by atoms with van der Waals surface area (Å²) in [7, 11) is 0. The third-order valence-corrected chi connectivity index (χ3v) is 3.26. The molecule has 0 radical (unpaired) electrons. The van der Waals surface area contributed by atoms with Crippen molar-refractivity contribution in [3.63, 3.8) is 0 Å². The molecule has 7 nitrogen and oxygen atoms in total. The van der Waals surface area contributed by atoms with Crippen LogP contribution in [0.25, 0.3) is 0 Å². The smallest absolute Gasteiger partial charge is 0.413 e. The molecule has 2 aromatic rings. The first-order valence-electron chi connectivity index (χ1n) is 6.54. The molecule has 9 heteroatoms. The van der Waals surface area contributed by atoms with E-state index in [2.05, 4.69) is 20.7 Å². The highest BCUT2D eigenvalue weighted by atomic mass is 32.1. The maximum atomic E-state index is 11.7. The van der Waals surface area contributed by atoms with Gasteiger partial charge in [0.05, 0.1) is 17.7 Å². The van der Waals surface area contributed by atoms with E-state index in [1.54, 1.807) is 4.68 Å². The lowest BCUT2D eigenvalue weighted by molar-refractivity contribution is 0.0636. The first-order valence-corrected chi connectivity index (χ1v) is 7.89. The van der Waals surface area contributed by atoms with E-state index in [9.17, 15) is 4.79 Å². The number of amides is 1. The Morgan fingerprint density at radius 2 is 2.32 bits per heavy atom. The predicted octanol–water partition coefficient (Wildman–Crippen LogP) is 3.10. The minimum atomic E-state index is -0.537. The Balaban J connectivity index is 1.93. The monoisotopic (exact) mass is 339 g/mol. The number of nitrogens with one attached hydrogen (secondary N) is 2. The quantitative estimate of drug-likeness (QED) is 0.815. The zero-order chi connectivity index (χ0) is 16.2. The summed E-state index contributed by atoms with van der Waals surface area (Å²) in [5.74, 6) is 0.678. The van der Waals surface area contributed by atoms with Gasteiger partial charge in [0, 0.05) is 17.6 Å². The van der Waals surface area contributed by atoms with E-state index in [4.69, 9.17) is 17.0 Å². The highest BCUT2D eigenvalue weighted by molar-refractivity contribution is 7.79. The Bertz CT molecular complexity index is 659. The lowest BCUT2D eigenvalue weighted by Crippen LogP contribution is -2.27. The Labute approximate surface area is 137 Å². The van der Waals surface area contributed by atoms with Gasteiger partial charge >= 0.3 is 6.09 Å². The van der Waals surface area contributed by atoms with Crippen LogP contribution in [0.2, 0.25) is 0 Å². The molecule has 0 saturated heterocycles. The molecule has 0 saturated carbocycles. The van der Waals surface area contributed by atoms with Gasteiger partial charge in [-0.3, -0.25) is 10.00 Å². The van der Waals surface area contributed by atoms with Gasteiger partial charge in [-0.25, -0.2) is 9.78 Å². The van der Waals surface area contributed by atoms with Gasteiger partial charge in [-0.05, 0) is 20.8 Å². The average molecular weight is 339 g/mol. The van der Waals surface area contributed by atoms with Crippen molar-refractivity contribution in [2.75, 3.05) is 10.6 Å². The van der Waals surface area contributed by atoms with Gasteiger partial charge in [0.1, 0.15) is 5.60 Å². The van der Waals surface area contributed by atoms with Gasteiger partial charge in [-0.2, -0.15) is 5.10 Å². The number of anilines is 2. The standard InChI is InChI=1S/C13H17N5O2S2/c1-13(2,3)20-12(19)16-11-15-9(7-22-11)6-18-5-4-10(17-18)14-8-21/h4-5,7-8H,6H2,1-3H3,(H,14,17,21)(H,15,16,19). The summed E-state index contributed by atoms with van der Waals surface area (Å²) in [5.41, 5.74) is 1.66. The summed E-state index contributed by atoms with van der Waals surface area (Å²) in [6.07, 6.45) is 1.31. The molecule has 2 aromatic heterocycles. The van der Waals surface area contributed by atoms with Crippen molar-refractivity contribution in [2.45, 2.75) is 32.9 Å². The minimum absolute atomic E-state index is 0.494. The van der Waals surface area contributed by atoms with Gasteiger partial charge in [0.15, 0.2) is 10.9 Å². The molecule has 0 unspecified atom stereocenters. The molecule has 0 atom stereocenters. The van der Waals surface area contributed by atoms with Crippen molar-refractivity contribution < 1.29 is 9.53 Å². The van der Waals surface area contributed by atoms with Crippen molar-refractivity contribution in [3.05, 3.63) is 23.3 Å². The number of rotatable bonds is 5. The molecule has 118 valence electrons. The van der Waals surface area contributed by atoms with Gasteiger partial charge < -0.3 is 10.1 Å². The number of carbonyl (C=O) groups is 1. The van der Waals surface area contributed by atoms with E-state index < -0.39 is 11.7 Å². The van der Waals surface area contributed by atoms with Gasteiger partial charge in [-0.1, -0.05) is 12.2 Å². The highest BCUT2D eigenvalue weighted by Crippen LogP contribution is 2.18. The summed E-state index contributed by atoms with van der Waals surface area (Å²) >= 11 is 6.04. The molecule has 22 heavy (non-hydrogen) atoms. The molecule has 0 fully saturated rings. The summed E-state index contributed by atoms with van der Waals surface area (Å²) in [6, 6.07) is 1.81. The van der Waals surface area contributed by atoms with E-state index in [0.717, 1.165) is 5.69 Å². The molecule has 2 rings (SSSR count). The van der Waals surface area contributed by atoms with Crippen LogP contribution in [-0.4, -0.2) is 32.0 Å². The fraction of sp³-hybridized carbons (Fsp3) is 0.385. The van der Waals surface area contributed by atoms with Crippen LogP contribution in [0.4, 0.5) is 15.7 Å². The number of carbonyl (C=O) groups excluding carboxylic acids is 1. The largest absolute Gasteiger partial charge is 0.444 e. The lowest BCUT2D eigenvalue weighted by Gasteiger charge is -2.18. The van der Waals surface area contributed by atoms with Crippen LogP contribution < -0.4 is 10.6 Å².